The fourth-order valence-corrected chi connectivity index (χ4v) is 1.59. The molecule has 1 heterocycles. The van der Waals surface area contributed by atoms with Crippen molar-refractivity contribution in [1.29, 1.82) is 0 Å². The molecule has 0 bridgehead atoms. The van der Waals surface area contributed by atoms with Gasteiger partial charge in [-0.1, -0.05) is 0 Å². The van der Waals surface area contributed by atoms with Crippen LogP contribution in [0.15, 0.2) is 0 Å². The first kappa shape index (κ1) is 13.2. The summed E-state index contributed by atoms with van der Waals surface area (Å²) in [7, 11) is 0. The fraction of sp³-hybridized carbons (Fsp3) is 0.889. The van der Waals surface area contributed by atoms with Crippen LogP contribution < -0.4 is 0 Å². The summed E-state index contributed by atoms with van der Waals surface area (Å²) in [5, 5.41) is 8.55. The van der Waals surface area contributed by atoms with Crippen LogP contribution in [0.2, 0.25) is 0 Å². The monoisotopic (exact) mass is 241 g/mol. The molecule has 1 fully saturated rings. The number of rotatable bonds is 3. The van der Waals surface area contributed by atoms with E-state index in [2.05, 4.69) is 0 Å². The minimum Gasteiger partial charge on any atom is -0.481 e. The number of ether oxygens (including phenoxy) is 1. The molecule has 0 saturated carbocycles. The van der Waals surface area contributed by atoms with Crippen LogP contribution in [0.1, 0.15) is 6.92 Å². The quantitative estimate of drug-likeness (QED) is 0.800. The van der Waals surface area contributed by atoms with Crippen molar-refractivity contribution in [3.63, 3.8) is 0 Å². The van der Waals surface area contributed by atoms with Crippen molar-refractivity contribution in [1.82, 2.24) is 4.90 Å². The second-order valence-electron chi connectivity index (χ2n) is 3.85. The molecule has 2 unspecified atom stereocenters. The SMILES string of the molecule is CC1COCCN1CC(C(=O)O)C(F)(F)F. The Morgan fingerprint density at radius 1 is 1.62 bits per heavy atom. The van der Waals surface area contributed by atoms with E-state index in [0.717, 1.165) is 0 Å². The maximum Gasteiger partial charge on any atom is 0.403 e. The van der Waals surface area contributed by atoms with Crippen LogP contribution in [-0.4, -0.2) is 54.5 Å². The molecular weight excluding hydrogens is 227 g/mol. The molecule has 1 rings (SSSR count). The lowest BCUT2D eigenvalue weighted by atomic mass is 10.1. The molecule has 4 nitrogen and oxygen atoms in total. The zero-order valence-corrected chi connectivity index (χ0v) is 8.83. The Balaban J connectivity index is 2.64. The van der Waals surface area contributed by atoms with Gasteiger partial charge in [0.05, 0.1) is 13.2 Å². The van der Waals surface area contributed by atoms with E-state index >= 15 is 0 Å². The maximum absolute atomic E-state index is 12.4. The summed E-state index contributed by atoms with van der Waals surface area (Å²) in [6.45, 7) is 2.22. The average molecular weight is 241 g/mol. The summed E-state index contributed by atoms with van der Waals surface area (Å²) < 4.78 is 42.3. The van der Waals surface area contributed by atoms with Crippen LogP contribution in [0.25, 0.3) is 0 Å². The predicted octanol–water partition coefficient (Wildman–Crippen LogP) is 0.970. The van der Waals surface area contributed by atoms with Crippen molar-refractivity contribution in [3.05, 3.63) is 0 Å². The number of carbonyl (C=O) groups is 1. The average Bonchev–Trinajstić information content (AvgIpc) is 2.14. The zero-order chi connectivity index (χ0) is 12.3. The fourth-order valence-electron chi connectivity index (χ4n) is 1.59. The van der Waals surface area contributed by atoms with Crippen LogP contribution in [0, 0.1) is 5.92 Å². The lowest BCUT2D eigenvalue weighted by Crippen LogP contribution is -2.49. The van der Waals surface area contributed by atoms with Crippen LogP contribution in [-0.2, 0) is 9.53 Å². The molecule has 0 amide bonds. The molecule has 1 aliphatic rings. The van der Waals surface area contributed by atoms with Gasteiger partial charge in [-0.2, -0.15) is 13.2 Å². The highest BCUT2D eigenvalue weighted by Crippen LogP contribution is 2.28. The maximum atomic E-state index is 12.4. The highest BCUT2D eigenvalue weighted by molar-refractivity contribution is 5.71. The largest absolute Gasteiger partial charge is 0.481 e. The Morgan fingerprint density at radius 2 is 2.25 bits per heavy atom. The zero-order valence-electron chi connectivity index (χ0n) is 8.83. The minimum atomic E-state index is -4.70. The number of morpholine rings is 1. The number of nitrogens with zero attached hydrogens (tertiary/aromatic N) is 1. The normalized spacial score (nSPS) is 25.4. The first-order valence-electron chi connectivity index (χ1n) is 4.93. The third kappa shape index (κ3) is 3.34. The molecule has 0 radical (unpaired) electrons. The van der Waals surface area contributed by atoms with E-state index in [1.165, 1.54) is 4.90 Å². The second-order valence-corrected chi connectivity index (χ2v) is 3.85. The van der Waals surface area contributed by atoms with Gasteiger partial charge in [-0.05, 0) is 6.92 Å². The Labute approximate surface area is 91.0 Å². The second kappa shape index (κ2) is 5.01. The van der Waals surface area contributed by atoms with Gasteiger partial charge >= 0.3 is 12.1 Å². The number of carboxylic acids is 1. The smallest absolute Gasteiger partial charge is 0.403 e. The molecule has 0 aliphatic carbocycles. The van der Waals surface area contributed by atoms with Gasteiger partial charge in [0.1, 0.15) is 0 Å². The molecular formula is C9H14F3NO3. The highest BCUT2D eigenvalue weighted by Gasteiger charge is 2.46. The van der Waals surface area contributed by atoms with E-state index < -0.39 is 24.6 Å². The van der Waals surface area contributed by atoms with E-state index in [1.807, 2.05) is 0 Å². The summed E-state index contributed by atoms with van der Waals surface area (Å²) in [5.74, 6) is -4.15. The molecule has 1 aliphatic heterocycles. The molecule has 7 heteroatoms. The van der Waals surface area contributed by atoms with E-state index in [0.29, 0.717) is 19.8 Å². The summed E-state index contributed by atoms with van der Waals surface area (Å²) >= 11 is 0. The van der Waals surface area contributed by atoms with Crippen molar-refractivity contribution in [2.45, 2.75) is 19.1 Å². The Morgan fingerprint density at radius 3 is 2.69 bits per heavy atom. The van der Waals surface area contributed by atoms with Gasteiger partial charge < -0.3 is 9.84 Å². The molecule has 2 atom stereocenters. The first-order valence-corrected chi connectivity index (χ1v) is 4.93. The Hall–Kier alpha value is -0.820. The summed E-state index contributed by atoms with van der Waals surface area (Å²) in [4.78, 5) is 12.0. The molecule has 0 aromatic heterocycles. The van der Waals surface area contributed by atoms with Crippen molar-refractivity contribution < 1.29 is 27.8 Å². The van der Waals surface area contributed by atoms with Gasteiger partial charge in [0, 0.05) is 19.1 Å². The van der Waals surface area contributed by atoms with Crippen molar-refractivity contribution in [2.75, 3.05) is 26.3 Å². The van der Waals surface area contributed by atoms with Gasteiger partial charge in [-0.25, -0.2) is 0 Å². The predicted molar refractivity (Wildman–Crippen MR) is 49.0 cm³/mol. The van der Waals surface area contributed by atoms with Crippen LogP contribution in [0.5, 0.6) is 0 Å². The number of hydrogen-bond acceptors (Lipinski definition) is 3. The number of alkyl halides is 3. The van der Waals surface area contributed by atoms with Crippen molar-refractivity contribution >= 4 is 5.97 Å². The van der Waals surface area contributed by atoms with Crippen LogP contribution in [0.4, 0.5) is 13.2 Å². The topological polar surface area (TPSA) is 49.8 Å². The van der Waals surface area contributed by atoms with Gasteiger partial charge in [0.25, 0.3) is 0 Å². The number of halogens is 3. The lowest BCUT2D eigenvalue weighted by molar-refractivity contribution is -0.199. The number of hydrogen-bond donors (Lipinski definition) is 1. The third-order valence-corrected chi connectivity index (χ3v) is 2.62. The van der Waals surface area contributed by atoms with Crippen molar-refractivity contribution in [2.24, 2.45) is 5.92 Å². The Bertz CT molecular complexity index is 257. The van der Waals surface area contributed by atoms with E-state index in [9.17, 15) is 18.0 Å². The Kier molecular flexibility index (Phi) is 4.15. The highest BCUT2D eigenvalue weighted by atomic mass is 19.4. The minimum absolute atomic E-state index is 0.182. The third-order valence-electron chi connectivity index (χ3n) is 2.62. The summed E-state index contributed by atoms with van der Waals surface area (Å²) in [5.41, 5.74) is 0. The molecule has 0 spiro atoms. The van der Waals surface area contributed by atoms with Gasteiger partial charge in [0.2, 0.25) is 0 Å². The molecule has 0 aromatic carbocycles. The molecule has 1 N–H and O–H groups in total. The van der Waals surface area contributed by atoms with E-state index in [4.69, 9.17) is 9.84 Å². The lowest BCUT2D eigenvalue weighted by Gasteiger charge is -2.35. The van der Waals surface area contributed by atoms with Gasteiger partial charge in [-0.15, -0.1) is 0 Å². The van der Waals surface area contributed by atoms with Crippen LogP contribution >= 0.6 is 0 Å². The van der Waals surface area contributed by atoms with E-state index in [1.54, 1.807) is 6.92 Å². The molecule has 94 valence electrons. The standard InChI is InChI=1S/C9H14F3NO3/c1-6-5-16-3-2-13(6)4-7(8(14)15)9(10,11)12/h6-7H,2-5H2,1H3,(H,14,15). The first-order chi connectivity index (χ1) is 7.32. The van der Waals surface area contributed by atoms with E-state index in [-0.39, 0.29) is 6.04 Å². The molecule has 0 aromatic rings. The summed E-state index contributed by atoms with van der Waals surface area (Å²) in [6.07, 6.45) is -4.70. The van der Waals surface area contributed by atoms with Crippen molar-refractivity contribution in [3.8, 4) is 0 Å². The van der Waals surface area contributed by atoms with Gasteiger partial charge in [-0.3, -0.25) is 9.69 Å². The number of aliphatic carboxylic acids is 1. The molecule has 1 saturated heterocycles. The van der Waals surface area contributed by atoms with Crippen LogP contribution in [0.3, 0.4) is 0 Å². The summed E-state index contributed by atoms with van der Waals surface area (Å²) in [6, 6.07) is -0.182. The van der Waals surface area contributed by atoms with Gasteiger partial charge in [0.15, 0.2) is 5.92 Å². The molecule has 16 heavy (non-hydrogen) atoms. The number of carboxylic acid groups (broad SMARTS) is 1.